The molecular formula is C24H32N4O. The van der Waals surface area contributed by atoms with Gasteiger partial charge in [-0.2, -0.15) is 0 Å². The summed E-state index contributed by atoms with van der Waals surface area (Å²) in [7, 11) is 0. The molecule has 0 unspecified atom stereocenters. The zero-order chi connectivity index (χ0) is 20.1. The number of nitrogens with one attached hydrogen (secondary N) is 1. The van der Waals surface area contributed by atoms with E-state index in [1.165, 1.54) is 30.6 Å². The quantitative estimate of drug-likeness (QED) is 0.839. The summed E-state index contributed by atoms with van der Waals surface area (Å²) in [4.78, 5) is 19.7. The molecule has 1 atom stereocenters. The Kier molecular flexibility index (Phi) is 6.23. The van der Waals surface area contributed by atoms with Crippen LogP contribution in [-0.2, 0) is 4.79 Å². The number of benzene rings is 2. The van der Waals surface area contributed by atoms with Crippen molar-refractivity contribution in [2.75, 3.05) is 54.4 Å². The highest BCUT2D eigenvalue weighted by atomic mass is 16.2. The Bertz CT molecular complexity index is 778. The summed E-state index contributed by atoms with van der Waals surface area (Å²) in [6.45, 7) is 7.57. The number of carbonyl (C=O) groups excluding carboxylic acids is 1. The summed E-state index contributed by atoms with van der Waals surface area (Å²) in [5, 5.41) is 3.39. The predicted octanol–water partition coefficient (Wildman–Crippen LogP) is 3.83. The molecule has 2 saturated heterocycles. The predicted molar refractivity (Wildman–Crippen MR) is 121 cm³/mol. The zero-order valence-corrected chi connectivity index (χ0v) is 17.4. The van der Waals surface area contributed by atoms with Crippen molar-refractivity contribution in [1.29, 1.82) is 0 Å². The van der Waals surface area contributed by atoms with Crippen LogP contribution in [0, 0.1) is 0 Å². The van der Waals surface area contributed by atoms with E-state index in [1.54, 1.807) is 0 Å². The third-order valence-corrected chi connectivity index (χ3v) is 6.05. The van der Waals surface area contributed by atoms with Crippen LogP contribution in [0.4, 0.5) is 17.1 Å². The molecule has 2 aromatic rings. The van der Waals surface area contributed by atoms with Gasteiger partial charge in [-0.3, -0.25) is 4.79 Å². The molecule has 0 bridgehead atoms. The number of amides is 1. The lowest BCUT2D eigenvalue weighted by molar-refractivity contribution is -0.131. The average Bonchev–Trinajstić information content (AvgIpc) is 2.80. The van der Waals surface area contributed by atoms with Gasteiger partial charge in [-0.05, 0) is 62.6 Å². The fourth-order valence-electron chi connectivity index (χ4n) is 4.33. The molecular weight excluding hydrogens is 360 g/mol. The van der Waals surface area contributed by atoms with Crippen LogP contribution in [0.2, 0.25) is 0 Å². The summed E-state index contributed by atoms with van der Waals surface area (Å²) in [6.07, 6.45) is 3.90. The van der Waals surface area contributed by atoms with Gasteiger partial charge in [0.2, 0.25) is 5.91 Å². The van der Waals surface area contributed by atoms with Gasteiger partial charge in [0.25, 0.3) is 0 Å². The minimum atomic E-state index is -0.223. The minimum absolute atomic E-state index is 0.179. The molecule has 2 aromatic carbocycles. The van der Waals surface area contributed by atoms with Crippen LogP contribution in [0.1, 0.15) is 26.2 Å². The SMILES string of the molecule is C[C@H](Nc1ccc(N2CCCCC2)cc1)C(=O)N1CCN(c2ccccc2)CC1. The molecule has 4 rings (SSSR count). The number of carbonyl (C=O) groups is 1. The molecule has 2 aliphatic heterocycles. The van der Waals surface area contributed by atoms with Crippen LogP contribution in [0.25, 0.3) is 0 Å². The van der Waals surface area contributed by atoms with Crippen LogP contribution >= 0.6 is 0 Å². The summed E-state index contributed by atoms with van der Waals surface area (Å²) in [5.74, 6) is 0.179. The van der Waals surface area contributed by atoms with E-state index in [2.05, 4.69) is 63.6 Å². The van der Waals surface area contributed by atoms with Crippen molar-refractivity contribution in [3.8, 4) is 0 Å². The maximum absolute atomic E-state index is 12.9. The highest BCUT2D eigenvalue weighted by molar-refractivity contribution is 5.84. The van der Waals surface area contributed by atoms with Crippen LogP contribution in [0.3, 0.4) is 0 Å². The van der Waals surface area contributed by atoms with E-state index in [0.717, 1.165) is 45.0 Å². The van der Waals surface area contributed by atoms with E-state index in [4.69, 9.17) is 0 Å². The summed E-state index contributed by atoms with van der Waals surface area (Å²) in [6, 6.07) is 18.7. The van der Waals surface area contributed by atoms with Gasteiger partial charge >= 0.3 is 0 Å². The highest BCUT2D eigenvalue weighted by Crippen LogP contribution is 2.22. The summed E-state index contributed by atoms with van der Waals surface area (Å²) in [5.41, 5.74) is 3.53. The Balaban J connectivity index is 1.28. The summed E-state index contributed by atoms with van der Waals surface area (Å²) >= 11 is 0. The number of hydrogen-bond donors (Lipinski definition) is 1. The number of hydrogen-bond acceptors (Lipinski definition) is 4. The molecule has 0 aliphatic carbocycles. The average molecular weight is 393 g/mol. The van der Waals surface area contributed by atoms with Crippen molar-refractivity contribution in [2.24, 2.45) is 0 Å². The zero-order valence-electron chi connectivity index (χ0n) is 17.4. The van der Waals surface area contributed by atoms with Gasteiger partial charge in [0.15, 0.2) is 0 Å². The molecule has 0 spiro atoms. The standard InChI is InChI=1S/C24H32N4O/c1-20(25-21-10-12-23(13-11-21)26-14-6-3-7-15-26)24(29)28-18-16-27(17-19-28)22-8-4-2-5-9-22/h2,4-5,8-13,20,25H,3,6-7,14-19H2,1H3/t20-/m0/s1. The molecule has 0 radical (unpaired) electrons. The molecule has 0 aromatic heterocycles. The van der Waals surface area contributed by atoms with Crippen molar-refractivity contribution < 1.29 is 4.79 Å². The third kappa shape index (κ3) is 4.84. The monoisotopic (exact) mass is 392 g/mol. The van der Waals surface area contributed by atoms with E-state index in [9.17, 15) is 4.79 Å². The van der Waals surface area contributed by atoms with Crippen LogP contribution < -0.4 is 15.1 Å². The number of piperidine rings is 1. The Morgan fingerprint density at radius 1 is 0.759 bits per heavy atom. The maximum atomic E-state index is 12.9. The van der Waals surface area contributed by atoms with Gasteiger partial charge in [0.1, 0.15) is 6.04 Å². The lowest BCUT2D eigenvalue weighted by atomic mass is 10.1. The van der Waals surface area contributed by atoms with Crippen molar-refractivity contribution in [2.45, 2.75) is 32.2 Å². The molecule has 2 aliphatic rings. The Morgan fingerprint density at radius 2 is 1.34 bits per heavy atom. The molecule has 5 heteroatoms. The Morgan fingerprint density at radius 3 is 2.00 bits per heavy atom. The fourth-order valence-corrected chi connectivity index (χ4v) is 4.33. The van der Waals surface area contributed by atoms with Crippen molar-refractivity contribution in [1.82, 2.24) is 4.90 Å². The molecule has 0 saturated carbocycles. The van der Waals surface area contributed by atoms with E-state index < -0.39 is 0 Å². The normalized spacial score (nSPS) is 18.4. The number of nitrogens with zero attached hydrogens (tertiary/aromatic N) is 3. The Labute approximate surface area is 174 Å². The largest absolute Gasteiger partial charge is 0.374 e. The highest BCUT2D eigenvalue weighted by Gasteiger charge is 2.25. The molecule has 2 heterocycles. The van der Waals surface area contributed by atoms with Crippen molar-refractivity contribution >= 4 is 23.0 Å². The third-order valence-electron chi connectivity index (χ3n) is 6.05. The van der Waals surface area contributed by atoms with E-state index in [0.29, 0.717) is 0 Å². The first-order valence-corrected chi connectivity index (χ1v) is 10.9. The number of rotatable bonds is 5. The number of para-hydroxylation sites is 1. The van der Waals surface area contributed by atoms with Gasteiger partial charge in [0.05, 0.1) is 0 Å². The lowest BCUT2D eigenvalue weighted by Crippen LogP contribution is -2.52. The second kappa shape index (κ2) is 9.21. The topological polar surface area (TPSA) is 38.8 Å². The molecule has 2 fully saturated rings. The van der Waals surface area contributed by atoms with Gasteiger partial charge in [-0.1, -0.05) is 18.2 Å². The first kappa shape index (κ1) is 19.6. The fraction of sp³-hybridized carbons (Fsp3) is 0.458. The Hall–Kier alpha value is -2.69. The van der Waals surface area contributed by atoms with Gasteiger partial charge in [-0.15, -0.1) is 0 Å². The van der Waals surface area contributed by atoms with E-state index in [-0.39, 0.29) is 11.9 Å². The van der Waals surface area contributed by atoms with Gasteiger partial charge in [-0.25, -0.2) is 0 Å². The van der Waals surface area contributed by atoms with E-state index >= 15 is 0 Å². The van der Waals surface area contributed by atoms with Crippen molar-refractivity contribution in [3.05, 3.63) is 54.6 Å². The minimum Gasteiger partial charge on any atom is -0.374 e. The molecule has 5 nitrogen and oxygen atoms in total. The maximum Gasteiger partial charge on any atom is 0.244 e. The second-order valence-corrected chi connectivity index (χ2v) is 8.11. The summed E-state index contributed by atoms with van der Waals surface area (Å²) < 4.78 is 0. The van der Waals surface area contributed by atoms with Crippen molar-refractivity contribution in [3.63, 3.8) is 0 Å². The van der Waals surface area contributed by atoms with Crippen LogP contribution in [0.15, 0.2) is 54.6 Å². The lowest BCUT2D eigenvalue weighted by Gasteiger charge is -2.37. The first-order chi connectivity index (χ1) is 14.2. The molecule has 29 heavy (non-hydrogen) atoms. The smallest absolute Gasteiger partial charge is 0.244 e. The van der Waals surface area contributed by atoms with Gasteiger partial charge in [0, 0.05) is 56.3 Å². The van der Waals surface area contributed by atoms with Gasteiger partial charge < -0.3 is 20.0 Å². The number of anilines is 3. The molecule has 1 amide bonds. The van der Waals surface area contributed by atoms with Crippen LogP contribution in [0.5, 0.6) is 0 Å². The molecule has 154 valence electrons. The number of piperazine rings is 1. The first-order valence-electron chi connectivity index (χ1n) is 10.9. The van der Waals surface area contributed by atoms with Crippen LogP contribution in [-0.4, -0.2) is 56.1 Å². The van der Waals surface area contributed by atoms with E-state index in [1.807, 2.05) is 17.9 Å². The second-order valence-electron chi connectivity index (χ2n) is 8.11. The molecule has 1 N–H and O–H groups in total.